The van der Waals surface area contributed by atoms with Gasteiger partial charge in [-0.1, -0.05) is 27.5 Å². The quantitative estimate of drug-likeness (QED) is 0.870. The largest absolute Gasteiger partial charge is 0.450 e. The fourth-order valence-corrected chi connectivity index (χ4v) is 3.00. The number of halogens is 2. The number of nitrogens with one attached hydrogen (secondary N) is 1. The third kappa shape index (κ3) is 4.87. The normalized spacial score (nSPS) is 16.0. The van der Waals surface area contributed by atoms with Crippen molar-refractivity contribution in [3.63, 3.8) is 0 Å². The Morgan fingerprint density at radius 1 is 1.48 bits per heavy atom. The summed E-state index contributed by atoms with van der Waals surface area (Å²) in [5.41, 5.74) is 1.15. The van der Waals surface area contributed by atoms with E-state index in [0.717, 1.165) is 47.5 Å². The molecule has 2 rings (SSSR count). The van der Waals surface area contributed by atoms with Gasteiger partial charge in [-0.25, -0.2) is 4.79 Å². The van der Waals surface area contributed by atoms with Crippen molar-refractivity contribution in [2.24, 2.45) is 0 Å². The summed E-state index contributed by atoms with van der Waals surface area (Å²) in [5.74, 6) is 0. The molecule has 1 aromatic carbocycles. The van der Waals surface area contributed by atoms with Crippen LogP contribution in [-0.4, -0.2) is 36.7 Å². The van der Waals surface area contributed by atoms with Crippen LogP contribution in [0.4, 0.5) is 4.79 Å². The van der Waals surface area contributed by atoms with Crippen molar-refractivity contribution in [1.82, 2.24) is 10.2 Å². The maximum atomic E-state index is 11.6. The molecule has 1 aliphatic rings. The summed E-state index contributed by atoms with van der Waals surface area (Å²) in [4.78, 5) is 13.4. The standard InChI is InChI=1S/C15H20BrClN2O2/c1-2-21-15(20)19-7-5-13(6-8-19)18-10-11-9-12(17)3-4-14(11)16/h3-4,9,13,18H,2,5-8,10H2,1H3. The molecule has 116 valence electrons. The van der Waals surface area contributed by atoms with Crippen LogP contribution in [0.1, 0.15) is 25.3 Å². The number of rotatable bonds is 4. The van der Waals surface area contributed by atoms with E-state index in [1.165, 1.54) is 0 Å². The molecule has 0 atom stereocenters. The molecule has 1 aliphatic heterocycles. The predicted octanol–water partition coefficient (Wildman–Crippen LogP) is 3.81. The molecule has 21 heavy (non-hydrogen) atoms. The zero-order valence-electron chi connectivity index (χ0n) is 12.1. The number of amides is 1. The summed E-state index contributed by atoms with van der Waals surface area (Å²) in [6, 6.07) is 6.21. The van der Waals surface area contributed by atoms with Gasteiger partial charge in [0.1, 0.15) is 0 Å². The average Bonchev–Trinajstić information content (AvgIpc) is 2.49. The summed E-state index contributed by atoms with van der Waals surface area (Å²) in [6.07, 6.45) is 1.68. The van der Waals surface area contributed by atoms with E-state index in [0.29, 0.717) is 12.6 Å². The Morgan fingerprint density at radius 2 is 2.19 bits per heavy atom. The van der Waals surface area contributed by atoms with Crippen molar-refractivity contribution in [3.8, 4) is 0 Å². The molecule has 1 N–H and O–H groups in total. The van der Waals surface area contributed by atoms with Gasteiger partial charge in [0, 0.05) is 35.2 Å². The number of piperidine rings is 1. The van der Waals surface area contributed by atoms with Crippen LogP contribution < -0.4 is 5.32 Å². The third-order valence-corrected chi connectivity index (χ3v) is 4.62. The molecule has 1 saturated heterocycles. The second kappa shape index (κ2) is 8.01. The number of likely N-dealkylation sites (tertiary alicyclic amines) is 1. The Kier molecular flexibility index (Phi) is 6.33. The molecule has 0 spiro atoms. The lowest BCUT2D eigenvalue weighted by atomic mass is 10.0. The van der Waals surface area contributed by atoms with E-state index in [1.807, 2.05) is 25.1 Å². The van der Waals surface area contributed by atoms with Gasteiger partial charge in [-0.05, 0) is 43.5 Å². The van der Waals surface area contributed by atoms with E-state index in [9.17, 15) is 4.79 Å². The molecule has 1 amide bonds. The molecule has 4 nitrogen and oxygen atoms in total. The van der Waals surface area contributed by atoms with E-state index in [-0.39, 0.29) is 6.09 Å². The molecular weight excluding hydrogens is 356 g/mol. The molecule has 0 bridgehead atoms. The Morgan fingerprint density at radius 3 is 2.86 bits per heavy atom. The number of carbonyl (C=O) groups is 1. The van der Waals surface area contributed by atoms with E-state index in [2.05, 4.69) is 21.2 Å². The molecule has 0 aromatic heterocycles. The third-order valence-electron chi connectivity index (χ3n) is 3.61. The van der Waals surface area contributed by atoms with Gasteiger partial charge in [0.2, 0.25) is 0 Å². The van der Waals surface area contributed by atoms with Crippen LogP contribution in [0.5, 0.6) is 0 Å². The zero-order chi connectivity index (χ0) is 15.2. The van der Waals surface area contributed by atoms with Crippen LogP contribution >= 0.6 is 27.5 Å². The van der Waals surface area contributed by atoms with Gasteiger partial charge in [-0.15, -0.1) is 0 Å². The minimum absolute atomic E-state index is 0.200. The molecule has 0 radical (unpaired) electrons. The Labute approximate surface area is 138 Å². The lowest BCUT2D eigenvalue weighted by Gasteiger charge is -2.31. The number of ether oxygens (including phenoxy) is 1. The van der Waals surface area contributed by atoms with Gasteiger partial charge in [0.15, 0.2) is 0 Å². The molecule has 1 heterocycles. The zero-order valence-corrected chi connectivity index (χ0v) is 14.4. The molecule has 1 aromatic rings. The highest BCUT2D eigenvalue weighted by Crippen LogP contribution is 2.21. The SMILES string of the molecule is CCOC(=O)N1CCC(NCc2cc(Cl)ccc2Br)CC1. The number of hydrogen-bond donors (Lipinski definition) is 1. The van der Waals surface area contributed by atoms with Crippen LogP contribution in [0.25, 0.3) is 0 Å². The van der Waals surface area contributed by atoms with E-state index < -0.39 is 0 Å². The summed E-state index contributed by atoms with van der Waals surface area (Å²) >= 11 is 9.55. The average molecular weight is 376 g/mol. The summed E-state index contributed by atoms with van der Waals surface area (Å²) < 4.78 is 6.08. The monoisotopic (exact) mass is 374 g/mol. The first-order valence-corrected chi connectivity index (χ1v) is 8.36. The Bertz CT molecular complexity index is 491. The molecule has 6 heteroatoms. The van der Waals surface area contributed by atoms with Gasteiger partial charge >= 0.3 is 6.09 Å². The Balaban J connectivity index is 1.79. The maximum Gasteiger partial charge on any atom is 0.409 e. The van der Waals surface area contributed by atoms with Crippen LogP contribution in [0.3, 0.4) is 0 Å². The number of carbonyl (C=O) groups excluding carboxylic acids is 1. The van der Waals surface area contributed by atoms with Crippen LogP contribution in [0.15, 0.2) is 22.7 Å². The number of nitrogens with zero attached hydrogens (tertiary/aromatic N) is 1. The van der Waals surface area contributed by atoms with E-state index in [1.54, 1.807) is 4.90 Å². The van der Waals surface area contributed by atoms with Crippen molar-refractivity contribution < 1.29 is 9.53 Å². The maximum absolute atomic E-state index is 11.6. The van der Waals surface area contributed by atoms with E-state index in [4.69, 9.17) is 16.3 Å². The van der Waals surface area contributed by atoms with Crippen molar-refractivity contribution >= 4 is 33.6 Å². The highest BCUT2D eigenvalue weighted by atomic mass is 79.9. The first kappa shape index (κ1) is 16.6. The lowest BCUT2D eigenvalue weighted by molar-refractivity contribution is 0.0950. The predicted molar refractivity (Wildman–Crippen MR) is 87.6 cm³/mol. The minimum atomic E-state index is -0.200. The van der Waals surface area contributed by atoms with Crippen molar-refractivity contribution in [2.75, 3.05) is 19.7 Å². The van der Waals surface area contributed by atoms with Crippen molar-refractivity contribution in [3.05, 3.63) is 33.3 Å². The molecular formula is C15H20BrClN2O2. The minimum Gasteiger partial charge on any atom is -0.450 e. The first-order chi connectivity index (χ1) is 10.1. The highest BCUT2D eigenvalue weighted by molar-refractivity contribution is 9.10. The second-order valence-electron chi connectivity index (χ2n) is 5.08. The van der Waals surface area contributed by atoms with Crippen molar-refractivity contribution in [1.29, 1.82) is 0 Å². The molecule has 1 fully saturated rings. The fourth-order valence-electron chi connectivity index (χ4n) is 2.41. The molecule has 0 saturated carbocycles. The summed E-state index contributed by atoms with van der Waals surface area (Å²) in [7, 11) is 0. The number of benzene rings is 1. The summed E-state index contributed by atoms with van der Waals surface area (Å²) in [6.45, 7) is 4.51. The van der Waals surface area contributed by atoms with E-state index >= 15 is 0 Å². The van der Waals surface area contributed by atoms with Crippen LogP contribution in [-0.2, 0) is 11.3 Å². The Hall–Kier alpha value is -0.780. The van der Waals surface area contributed by atoms with Gasteiger partial charge in [0.05, 0.1) is 6.61 Å². The topological polar surface area (TPSA) is 41.6 Å². The van der Waals surface area contributed by atoms with Gasteiger partial charge in [-0.2, -0.15) is 0 Å². The molecule has 0 unspecified atom stereocenters. The van der Waals surface area contributed by atoms with Gasteiger partial charge in [-0.3, -0.25) is 0 Å². The second-order valence-corrected chi connectivity index (χ2v) is 6.37. The number of hydrogen-bond acceptors (Lipinski definition) is 3. The van der Waals surface area contributed by atoms with Gasteiger partial charge in [0.25, 0.3) is 0 Å². The van der Waals surface area contributed by atoms with Crippen LogP contribution in [0, 0.1) is 0 Å². The highest BCUT2D eigenvalue weighted by Gasteiger charge is 2.23. The summed E-state index contributed by atoms with van der Waals surface area (Å²) in [5, 5.41) is 4.27. The lowest BCUT2D eigenvalue weighted by Crippen LogP contribution is -2.44. The first-order valence-electron chi connectivity index (χ1n) is 7.19. The molecule has 0 aliphatic carbocycles. The smallest absolute Gasteiger partial charge is 0.409 e. The fraction of sp³-hybridized carbons (Fsp3) is 0.533. The van der Waals surface area contributed by atoms with Crippen LogP contribution in [0.2, 0.25) is 5.02 Å². The van der Waals surface area contributed by atoms with Crippen molar-refractivity contribution in [2.45, 2.75) is 32.4 Å². The van der Waals surface area contributed by atoms with Gasteiger partial charge < -0.3 is 15.0 Å².